The van der Waals surface area contributed by atoms with E-state index >= 15 is 0 Å². The monoisotopic (exact) mass is 219 g/mol. The molecule has 1 aromatic rings. The fourth-order valence-corrected chi connectivity index (χ4v) is 1.88. The van der Waals surface area contributed by atoms with E-state index in [1.165, 1.54) is 17.7 Å². The van der Waals surface area contributed by atoms with E-state index in [4.69, 9.17) is 4.74 Å². The molecule has 0 radical (unpaired) electrons. The van der Waals surface area contributed by atoms with E-state index in [2.05, 4.69) is 44.3 Å². The van der Waals surface area contributed by atoms with Gasteiger partial charge in [-0.3, -0.25) is 0 Å². The average molecular weight is 219 g/mol. The predicted molar refractivity (Wildman–Crippen MR) is 68.2 cm³/mol. The van der Waals surface area contributed by atoms with Crippen LogP contribution < -0.4 is 10.1 Å². The van der Waals surface area contributed by atoms with E-state index in [-0.39, 0.29) is 0 Å². The molecule has 0 saturated carbocycles. The van der Waals surface area contributed by atoms with Gasteiger partial charge in [-0.05, 0) is 35.6 Å². The molecule has 0 bridgehead atoms. The standard InChI is InChI=1S/C14H21NO/c1-14(2,3)7-8-15-12-4-5-13-11(10-12)6-9-16-13/h4-5,10,15H,6-9H2,1-3H3. The zero-order chi connectivity index (χ0) is 11.6. The van der Waals surface area contributed by atoms with Crippen molar-refractivity contribution in [2.45, 2.75) is 33.6 Å². The van der Waals surface area contributed by atoms with Crippen LogP contribution >= 0.6 is 0 Å². The molecule has 2 heteroatoms. The van der Waals surface area contributed by atoms with Gasteiger partial charge in [-0.25, -0.2) is 0 Å². The van der Waals surface area contributed by atoms with E-state index in [0.717, 1.165) is 25.3 Å². The summed E-state index contributed by atoms with van der Waals surface area (Å²) >= 11 is 0. The second-order valence-electron chi connectivity index (χ2n) is 5.66. The van der Waals surface area contributed by atoms with E-state index < -0.39 is 0 Å². The Hall–Kier alpha value is -1.18. The van der Waals surface area contributed by atoms with Crippen LogP contribution in [0.5, 0.6) is 5.75 Å². The van der Waals surface area contributed by atoms with Crippen molar-refractivity contribution in [1.29, 1.82) is 0 Å². The first-order chi connectivity index (χ1) is 7.54. The number of rotatable bonds is 3. The number of nitrogens with one attached hydrogen (secondary N) is 1. The van der Waals surface area contributed by atoms with Crippen molar-refractivity contribution >= 4 is 5.69 Å². The van der Waals surface area contributed by atoms with Crippen molar-refractivity contribution in [3.05, 3.63) is 23.8 Å². The Morgan fingerprint density at radius 1 is 1.31 bits per heavy atom. The maximum Gasteiger partial charge on any atom is 0.122 e. The second-order valence-corrected chi connectivity index (χ2v) is 5.66. The van der Waals surface area contributed by atoms with Crippen LogP contribution in [0.4, 0.5) is 5.69 Å². The molecule has 1 aromatic carbocycles. The Bertz CT molecular complexity index is 365. The van der Waals surface area contributed by atoms with Crippen molar-refractivity contribution in [1.82, 2.24) is 0 Å². The highest BCUT2D eigenvalue weighted by atomic mass is 16.5. The normalized spacial score (nSPS) is 14.4. The number of benzene rings is 1. The molecule has 0 amide bonds. The van der Waals surface area contributed by atoms with E-state index in [0.29, 0.717) is 5.41 Å². The molecule has 2 nitrogen and oxygen atoms in total. The molecule has 0 spiro atoms. The van der Waals surface area contributed by atoms with Gasteiger partial charge in [-0.2, -0.15) is 0 Å². The van der Waals surface area contributed by atoms with Crippen LogP contribution in [0.1, 0.15) is 32.8 Å². The molecular formula is C14H21NO. The average Bonchev–Trinajstić information content (AvgIpc) is 2.62. The third kappa shape index (κ3) is 2.91. The highest BCUT2D eigenvalue weighted by molar-refractivity contribution is 5.52. The molecular weight excluding hydrogens is 198 g/mol. The lowest BCUT2D eigenvalue weighted by Crippen LogP contribution is -2.12. The molecule has 1 N–H and O–H groups in total. The summed E-state index contributed by atoms with van der Waals surface area (Å²) in [5, 5.41) is 3.48. The molecule has 0 saturated heterocycles. The highest BCUT2D eigenvalue weighted by Gasteiger charge is 2.12. The van der Waals surface area contributed by atoms with Gasteiger partial charge in [0.15, 0.2) is 0 Å². The smallest absolute Gasteiger partial charge is 0.122 e. The topological polar surface area (TPSA) is 21.3 Å². The molecule has 16 heavy (non-hydrogen) atoms. The summed E-state index contributed by atoms with van der Waals surface area (Å²) in [4.78, 5) is 0. The van der Waals surface area contributed by atoms with Crippen molar-refractivity contribution < 1.29 is 4.74 Å². The predicted octanol–water partition coefficient (Wildman–Crippen LogP) is 3.47. The number of anilines is 1. The zero-order valence-electron chi connectivity index (χ0n) is 10.5. The van der Waals surface area contributed by atoms with Crippen LogP contribution in [-0.4, -0.2) is 13.2 Å². The molecule has 88 valence electrons. The van der Waals surface area contributed by atoms with Crippen LogP contribution in [0.3, 0.4) is 0 Å². The summed E-state index contributed by atoms with van der Waals surface area (Å²) < 4.78 is 5.48. The summed E-state index contributed by atoms with van der Waals surface area (Å²) in [6, 6.07) is 6.39. The van der Waals surface area contributed by atoms with Crippen LogP contribution in [0, 0.1) is 5.41 Å². The number of ether oxygens (including phenoxy) is 1. The fraction of sp³-hybridized carbons (Fsp3) is 0.571. The maximum atomic E-state index is 5.48. The van der Waals surface area contributed by atoms with Gasteiger partial charge in [0.2, 0.25) is 0 Å². The first-order valence-corrected chi connectivity index (χ1v) is 6.04. The van der Waals surface area contributed by atoms with Gasteiger partial charge in [0.25, 0.3) is 0 Å². The van der Waals surface area contributed by atoms with Crippen LogP contribution in [0.15, 0.2) is 18.2 Å². The summed E-state index contributed by atoms with van der Waals surface area (Å²) in [5.41, 5.74) is 2.95. The third-order valence-electron chi connectivity index (χ3n) is 2.89. The molecule has 0 fully saturated rings. The van der Waals surface area contributed by atoms with E-state index in [9.17, 15) is 0 Å². The van der Waals surface area contributed by atoms with Gasteiger partial charge < -0.3 is 10.1 Å². The maximum absolute atomic E-state index is 5.48. The second kappa shape index (κ2) is 4.36. The number of hydrogen-bond acceptors (Lipinski definition) is 2. The summed E-state index contributed by atoms with van der Waals surface area (Å²) in [6.45, 7) is 8.67. The van der Waals surface area contributed by atoms with Crippen LogP contribution in [0.2, 0.25) is 0 Å². The molecule has 1 heterocycles. The minimum absolute atomic E-state index is 0.396. The zero-order valence-corrected chi connectivity index (χ0v) is 10.5. The summed E-state index contributed by atoms with van der Waals surface area (Å²) in [7, 11) is 0. The van der Waals surface area contributed by atoms with Gasteiger partial charge in [-0.1, -0.05) is 20.8 Å². The minimum atomic E-state index is 0.396. The Labute approximate surface area is 98.0 Å². The lowest BCUT2D eigenvalue weighted by molar-refractivity contribution is 0.357. The first-order valence-electron chi connectivity index (χ1n) is 6.04. The van der Waals surface area contributed by atoms with Crippen molar-refractivity contribution in [2.75, 3.05) is 18.5 Å². The molecule has 0 aromatic heterocycles. The SMILES string of the molecule is CC(C)(C)CCNc1ccc2c(c1)CCO2. The van der Waals surface area contributed by atoms with Crippen molar-refractivity contribution in [2.24, 2.45) is 5.41 Å². The Morgan fingerprint density at radius 3 is 2.88 bits per heavy atom. The quantitative estimate of drug-likeness (QED) is 0.840. The summed E-state index contributed by atoms with van der Waals surface area (Å²) in [6.07, 6.45) is 2.23. The van der Waals surface area contributed by atoms with Crippen molar-refractivity contribution in [3.8, 4) is 5.75 Å². The van der Waals surface area contributed by atoms with Gasteiger partial charge in [0.05, 0.1) is 6.61 Å². The Kier molecular flexibility index (Phi) is 3.08. The van der Waals surface area contributed by atoms with E-state index in [1.807, 2.05) is 0 Å². The summed E-state index contributed by atoms with van der Waals surface area (Å²) in [5.74, 6) is 1.06. The van der Waals surface area contributed by atoms with E-state index in [1.54, 1.807) is 0 Å². The fourth-order valence-electron chi connectivity index (χ4n) is 1.88. The van der Waals surface area contributed by atoms with Gasteiger partial charge >= 0.3 is 0 Å². The first kappa shape index (κ1) is 11.3. The molecule has 1 aliphatic rings. The molecule has 0 aliphatic carbocycles. The van der Waals surface area contributed by atoms with Crippen LogP contribution in [-0.2, 0) is 6.42 Å². The Balaban J connectivity index is 1.91. The van der Waals surface area contributed by atoms with Gasteiger partial charge in [0, 0.05) is 18.7 Å². The lowest BCUT2D eigenvalue weighted by Gasteiger charge is -2.18. The molecule has 2 rings (SSSR count). The third-order valence-corrected chi connectivity index (χ3v) is 2.89. The van der Waals surface area contributed by atoms with Crippen LogP contribution in [0.25, 0.3) is 0 Å². The molecule has 0 atom stereocenters. The lowest BCUT2D eigenvalue weighted by atomic mass is 9.92. The van der Waals surface area contributed by atoms with Gasteiger partial charge in [0.1, 0.15) is 5.75 Å². The Morgan fingerprint density at radius 2 is 2.12 bits per heavy atom. The number of hydrogen-bond donors (Lipinski definition) is 1. The number of fused-ring (bicyclic) bond motifs is 1. The molecule has 0 unspecified atom stereocenters. The highest BCUT2D eigenvalue weighted by Crippen LogP contribution is 2.28. The minimum Gasteiger partial charge on any atom is -0.493 e. The largest absolute Gasteiger partial charge is 0.493 e. The molecule has 1 aliphatic heterocycles. The van der Waals surface area contributed by atoms with Gasteiger partial charge in [-0.15, -0.1) is 0 Å². The van der Waals surface area contributed by atoms with Crippen molar-refractivity contribution in [3.63, 3.8) is 0 Å².